The highest BCUT2D eigenvalue weighted by molar-refractivity contribution is 6.00. The number of benzene rings is 1. The largest absolute Gasteiger partial charge is 0.495 e. The number of aryl methyl sites for hydroxylation is 1. The van der Waals surface area contributed by atoms with E-state index in [-0.39, 0.29) is 28.8 Å². The molecule has 3 heterocycles. The topological polar surface area (TPSA) is 102 Å². The molecule has 3 aromatic rings. The molecule has 0 radical (unpaired) electrons. The van der Waals surface area contributed by atoms with Gasteiger partial charge in [0.2, 0.25) is 0 Å². The molecule has 1 aliphatic carbocycles. The molecule has 0 bridgehead atoms. The number of nitrogens with zero attached hydrogens (tertiary/aromatic N) is 4. The molecule has 1 saturated carbocycles. The van der Waals surface area contributed by atoms with Gasteiger partial charge in [0.05, 0.1) is 19.0 Å². The lowest BCUT2D eigenvalue weighted by Crippen LogP contribution is -2.67. The van der Waals surface area contributed by atoms with Crippen LogP contribution in [0.2, 0.25) is 0 Å². The maximum absolute atomic E-state index is 12.9. The Kier molecular flexibility index (Phi) is 5.29. The van der Waals surface area contributed by atoms with Crippen molar-refractivity contribution >= 4 is 23.3 Å². The van der Waals surface area contributed by atoms with Gasteiger partial charge in [-0.25, -0.2) is 9.31 Å². The zero-order valence-electron chi connectivity index (χ0n) is 18.6. The fourth-order valence-electron chi connectivity index (χ4n) is 4.93. The van der Waals surface area contributed by atoms with Crippen molar-refractivity contribution in [2.75, 3.05) is 25.5 Å². The van der Waals surface area contributed by atoms with Crippen LogP contribution in [0.25, 0.3) is 5.65 Å². The van der Waals surface area contributed by atoms with Crippen molar-refractivity contribution in [2.45, 2.75) is 25.5 Å². The molecule has 2 aliphatic rings. The first-order valence-electron chi connectivity index (χ1n) is 10.8. The predicted octanol–water partition coefficient (Wildman–Crippen LogP) is 2.71. The summed E-state index contributed by atoms with van der Waals surface area (Å²) in [6.07, 6.45) is 6.75. The number of carbonyl (C=O) groups excluding carboxylic acids is 2. The highest BCUT2D eigenvalue weighted by Gasteiger charge is 2.54. The summed E-state index contributed by atoms with van der Waals surface area (Å²) in [6.45, 7) is -1.70. The second-order valence-electron chi connectivity index (χ2n) is 8.84. The molecule has 3 amide bonds. The van der Waals surface area contributed by atoms with Gasteiger partial charge in [-0.1, -0.05) is 0 Å². The van der Waals surface area contributed by atoms with Gasteiger partial charge in [0.1, 0.15) is 22.7 Å². The van der Waals surface area contributed by atoms with Gasteiger partial charge in [0.25, 0.3) is 5.91 Å². The minimum atomic E-state index is -2.97. The van der Waals surface area contributed by atoms with E-state index in [1.165, 1.54) is 25.3 Å². The van der Waals surface area contributed by atoms with Gasteiger partial charge in [-0.3, -0.25) is 4.79 Å². The third kappa shape index (κ3) is 3.88. The lowest BCUT2D eigenvalue weighted by molar-refractivity contribution is -0.0582. The molecule has 1 aliphatic heterocycles. The van der Waals surface area contributed by atoms with E-state index in [2.05, 4.69) is 20.5 Å². The molecule has 1 spiro atoms. The van der Waals surface area contributed by atoms with E-state index in [4.69, 9.17) is 4.74 Å². The normalized spacial score (nSPS) is 16.9. The summed E-state index contributed by atoms with van der Waals surface area (Å²) in [6, 6.07) is 3.55. The van der Waals surface area contributed by atoms with Crippen LogP contribution in [-0.2, 0) is 7.05 Å². The number of likely N-dealkylation sites (tertiary alicyclic amines) is 1. The first kappa shape index (κ1) is 22.0. The molecule has 10 nitrogen and oxygen atoms in total. The molecule has 5 rings (SSSR count). The number of alkyl halides is 2. The highest BCUT2D eigenvalue weighted by atomic mass is 19.3. The van der Waals surface area contributed by atoms with Crippen LogP contribution in [-0.4, -0.2) is 63.9 Å². The quantitative estimate of drug-likeness (QED) is 0.572. The summed E-state index contributed by atoms with van der Waals surface area (Å²) in [5.41, 5.74) is 1.56. The zero-order valence-corrected chi connectivity index (χ0v) is 18.6. The van der Waals surface area contributed by atoms with Crippen LogP contribution in [0.3, 0.4) is 0 Å². The second kappa shape index (κ2) is 8.19. The Morgan fingerprint density at radius 2 is 2.00 bits per heavy atom. The standard InChI is InChI=1S/C22H24F2N6O4/c1-28-5-6-30-18(28)15(10-25-30)19(31)29-11-22(12-29)8-13(9-22)26-21(32)27-16-7-14(34-20(23)24)3-4-17(16)33-2/h3-7,10,13,20H,8-9,11-12H2,1-2H3,(H2,26,27,32). The van der Waals surface area contributed by atoms with E-state index >= 15 is 0 Å². The third-order valence-electron chi connectivity index (χ3n) is 6.44. The average Bonchev–Trinajstić information content (AvgIpc) is 3.31. The second-order valence-corrected chi connectivity index (χ2v) is 8.84. The van der Waals surface area contributed by atoms with Crippen molar-refractivity contribution in [3.63, 3.8) is 0 Å². The Morgan fingerprint density at radius 3 is 2.71 bits per heavy atom. The number of carbonyl (C=O) groups is 2. The van der Waals surface area contributed by atoms with Crippen molar-refractivity contribution in [1.29, 1.82) is 0 Å². The Labute approximate surface area is 193 Å². The number of amides is 3. The maximum atomic E-state index is 12.9. The van der Waals surface area contributed by atoms with Gasteiger partial charge in [-0.15, -0.1) is 0 Å². The lowest BCUT2D eigenvalue weighted by Gasteiger charge is -2.58. The first-order chi connectivity index (χ1) is 16.3. The Balaban J connectivity index is 1.13. The summed E-state index contributed by atoms with van der Waals surface area (Å²) in [5.74, 6) is 0.191. The van der Waals surface area contributed by atoms with Gasteiger partial charge >= 0.3 is 12.6 Å². The molecule has 0 unspecified atom stereocenters. The number of urea groups is 1. The average molecular weight is 474 g/mol. The molecular weight excluding hydrogens is 450 g/mol. The Bertz CT molecular complexity index is 1240. The number of anilines is 1. The van der Waals surface area contributed by atoms with Crippen LogP contribution < -0.4 is 20.1 Å². The number of hydrogen-bond acceptors (Lipinski definition) is 5. The molecule has 2 N–H and O–H groups in total. The van der Waals surface area contributed by atoms with Crippen LogP contribution in [0.4, 0.5) is 19.3 Å². The summed E-state index contributed by atoms with van der Waals surface area (Å²) in [7, 11) is 3.29. The molecular formula is C22H24F2N6O4. The van der Waals surface area contributed by atoms with E-state index in [1.807, 2.05) is 17.8 Å². The third-order valence-corrected chi connectivity index (χ3v) is 6.44. The minimum Gasteiger partial charge on any atom is -0.495 e. The van der Waals surface area contributed by atoms with Crippen molar-refractivity contribution in [3.8, 4) is 11.5 Å². The van der Waals surface area contributed by atoms with Gasteiger partial charge < -0.3 is 29.6 Å². The summed E-state index contributed by atoms with van der Waals surface area (Å²) < 4.78 is 38.1. The Hall–Kier alpha value is -3.83. The number of imidazole rings is 1. The lowest BCUT2D eigenvalue weighted by atomic mass is 9.60. The van der Waals surface area contributed by atoms with Crippen molar-refractivity contribution in [3.05, 3.63) is 42.4 Å². The molecule has 1 aromatic carbocycles. The van der Waals surface area contributed by atoms with Crippen molar-refractivity contribution in [1.82, 2.24) is 24.4 Å². The van der Waals surface area contributed by atoms with Gasteiger partial charge in [0, 0.05) is 50.1 Å². The number of rotatable bonds is 6. The molecule has 2 aromatic heterocycles. The number of aromatic nitrogens is 3. The summed E-state index contributed by atoms with van der Waals surface area (Å²) in [4.78, 5) is 27.2. The van der Waals surface area contributed by atoms with E-state index in [0.717, 1.165) is 18.5 Å². The van der Waals surface area contributed by atoms with Crippen molar-refractivity contribution in [2.24, 2.45) is 12.5 Å². The van der Waals surface area contributed by atoms with E-state index in [0.29, 0.717) is 24.4 Å². The van der Waals surface area contributed by atoms with Gasteiger partial charge in [0.15, 0.2) is 0 Å². The maximum Gasteiger partial charge on any atom is 0.387 e. The molecule has 180 valence electrons. The fourth-order valence-corrected chi connectivity index (χ4v) is 4.93. The Morgan fingerprint density at radius 1 is 1.24 bits per heavy atom. The monoisotopic (exact) mass is 474 g/mol. The number of methoxy groups -OCH3 is 1. The van der Waals surface area contributed by atoms with Crippen molar-refractivity contribution < 1.29 is 27.8 Å². The van der Waals surface area contributed by atoms with E-state index < -0.39 is 12.6 Å². The highest BCUT2D eigenvalue weighted by Crippen LogP contribution is 2.48. The van der Waals surface area contributed by atoms with Gasteiger partial charge in [-0.05, 0) is 25.0 Å². The van der Waals surface area contributed by atoms with Crippen LogP contribution in [0.15, 0.2) is 36.8 Å². The molecule has 12 heteroatoms. The fraction of sp³-hybridized carbons (Fsp3) is 0.409. The first-order valence-corrected chi connectivity index (χ1v) is 10.8. The van der Waals surface area contributed by atoms with Crippen LogP contribution in [0, 0.1) is 5.41 Å². The smallest absolute Gasteiger partial charge is 0.387 e. The number of fused-ring (bicyclic) bond motifs is 1. The molecule has 2 fully saturated rings. The summed E-state index contributed by atoms with van der Waals surface area (Å²) >= 11 is 0. The number of nitrogens with one attached hydrogen (secondary N) is 2. The minimum absolute atomic E-state index is 0.0107. The van der Waals surface area contributed by atoms with E-state index in [9.17, 15) is 18.4 Å². The zero-order chi connectivity index (χ0) is 24.0. The van der Waals surface area contributed by atoms with Crippen LogP contribution >= 0.6 is 0 Å². The molecule has 0 atom stereocenters. The van der Waals surface area contributed by atoms with Gasteiger partial charge in [-0.2, -0.15) is 13.9 Å². The predicted molar refractivity (Wildman–Crippen MR) is 117 cm³/mol. The SMILES string of the molecule is COc1ccc(OC(F)F)cc1NC(=O)NC1CC2(C1)CN(C(=O)c1cnn3ccn(C)c13)C2. The molecule has 1 saturated heterocycles. The summed E-state index contributed by atoms with van der Waals surface area (Å²) in [5, 5.41) is 9.73. The number of halogens is 2. The molecule has 34 heavy (non-hydrogen) atoms. The van der Waals surface area contributed by atoms with Crippen LogP contribution in [0.1, 0.15) is 23.2 Å². The number of ether oxygens (including phenoxy) is 2. The van der Waals surface area contributed by atoms with Crippen LogP contribution in [0.5, 0.6) is 11.5 Å². The van der Waals surface area contributed by atoms with E-state index in [1.54, 1.807) is 21.8 Å². The number of hydrogen-bond donors (Lipinski definition) is 2.